The Labute approximate surface area is 178 Å². The number of nitrogens with one attached hydrogen (secondary N) is 1. The largest absolute Gasteiger partial charge is 0.469 e. The lowest BCUT2D eigenvalue weighted by molar-refractivity contribution is -0.140. The number of aromatic nitrogens is 1. The Morgan fingerprint density at radius 2 is 2.21 bits per heavy atom. The molecule has 1 aliphatic heterocycles. The van der Waals surface area contributed by atoms with Crippen LogP contribution >= 0.6 is 15.9 Å². The number of esters is 1. The monoisotopic (exact) mass is 458 g/mol. The number of hydrogen-bond donors (Lipinski definition) is 2. The second-order valence-corrected chi connectivity index (χ2v) is 7.63. The van der Waals surface area contributed by atoms with Crippen LogP contribution in [-0.2, 0) is 9.53 Å². The number of anilines is 1. The second kappa shape index (κ2) is 9.76. The highest BCUT2D eigenvalue weighted by Gasteiger charge is 2.26. The van der Waals surface area contributed by atoms with Crippen molar-refractivity contribution in [1.29, 1.82) is 0 Å². The Bertz CT molecular complexity index is 929. The van der Waals surface area contributed by atoms with Crippen LogP contribution in [0.25, 0.3) is 0 Å². The van der Waals surface area contributed by atoms with E-state index in [1.165, 1.54) is 7.11 Å². The van der Waals surface area contributed by atoms with Crippen molar-refractivity contribution in [2.24, 2.45) is 9.98 Å². The maximum absolute atomic E-state index is 11.7. The molecule has 0 spiro atoms. The second-order valence-electron chi connectivity index (χ2n) is 6.71. The molecule has 0 radical (unpaired) electrons. The Morgan fingerprint density at radius 3 is 2.90 bits per heavy atom. The number of hydrogen-bond acceptors (Lipinski definition) is 6. The molecule has 0 amide bonds. The summed E-state index contributed by atoms with van der Waals surface area (Å²) in [6.45, 7) is 1.91. The summed E-state index contributed by atoms with van der Waals surface area (Å²) in [5, 5.41) is 13.1. The van der Waals surface area contributed by atoms with E-state index in [1.807, 2.05) is 36.4 Å². The van der Waals surface area contributed by atoms with Gasteiger partial charge in [0.25, 0.3) is 0 Å². The summed E-state index contributed by atoms with van der Waals surface area (Å²) in [4.78, 5) is 25.7. The molecular weight excluding hydrogens is 436 g/mol. The SMILES string of the molecule is COC(=O)CC[C@H]1N=C(c2ccccn2)c2cc(Br)ccc2NC1=NC[C@@H](C)O. The number of benzene rings is 1. The molecule has 3 rings (SSSR count). The molecule has 29 heavy (non-hydrogen) atoms. The third-order valence-corrected chi connectivity index (χ3v) is 4.88. The van der Waals surface area contributed by atoms with E-state index >= 15 is 0 Å². The molecule has 2 N–H and O–H groups in total. The van der Waals surface area contributed by atoms with Gasteiger partial charge in [0.2, 0.25) is 0 Å². The number of rotatable bonds is 6. The quantitative estimate of drug-likeness (QED) is 0.647. The summed E-state index contributed by atoms with van der Waals surface area (Å²) in [5.41, 5.74) is 3.16. The minimum absolute atomic E-state index is 0.204. The van der Waals surface area contributed by atoms with Crippen LogP contribution < -0.4 is 5.32 Å². The van der Waals surface area contributed by atoms with Crippen molar-refractivity contribution in [3.8, 4) is 0 Å². The number of nitrogens with zero attached hydrogens (tertiary/aromatic N) is 3. The van der Waals surface area contributed by atoms with Crippen LogP contribution in [0.2, 0.25) is 0 Å². The van der Waals surface area contributed by atoms with Crippen molar-refractivity contribution in [2.45, 2.75) is 31.9 Å². The average molecular weight is 459 g/mol. The number of amidine groups is 1. The first kappa shape index (κ1) is 21.1. The van der Waals surface area contributed by atoms with E-state index in [2.05, 4.69) is 31.2 Å². The van der Waals surface area contributed by atoms with Crippen molar-refractivity contribution < 1.29 is 14.6 Å². The first-order valence-corrected chi connectivity index (χ1v) is 10.1. The normalized spacial score (nSPS) is 18.3. The minimum Gasteiger partial charge on any atom is -0.469 e. The molecule has 2 heterocycles. The number of ether oxygens (including phenoxy) is 1. The standard InChI is InChI=1S/C21H23BrN4O3/c1-13(27)12-24-21-18(8-9-19(28)29-2)25-20(17-5-3-4-10-23-17)15-11-14(22)6-7-16(15)26-21/h3-7,10-11,13,18,27H,8-9,12H2,1-2H3,(H,24,26)/t13-,18-/m1/s1. The number of halogens is 1. The van der Waals surface area contributed by atoms with Gasteiger partial charge < -0.3 is 15.2 Å². The summed E-state index contributed by atoms with van der Waals surface area (Å²) >= 11 is 3.53. The van der Waals surface area contributed by atoms with Crippen molar-refractivity contribution in [3.63, 3.8) is 0 Å². The fraction of sp³-hybridized carbons (Fsp3) is 0.333. The molecular formula is C21H23BrN4O3. The van der Waals surface area contributed by atoms with Crippen molar-refractivity contribution in [1.82, 2.24) is 4.98 Å². The number of aliphatic imine (C=N–C) groups is 2. The molecule has 2 aromatic rings. The molecule has 0 unspecified atom stereocenters. The van der Waals surface area contributed by atoms with Gasteiger partial charge in [-0.05, 0) is 43.7 Å². The molecule has 0 aliphatic carbocycles. The van der Waals surface area contributed by atoms with Gasteiger partial charge in [-0.1, -0.05) is 22.0 Å². The van der Waals surface area contributed by atoms with E-state index in [9.17, 15) is 9.90 Å². The van der Waals surface area contributed by atoms with Crippen LogP contribution in [0.3, 0.4) is 0 Å². The first-order chi connectivity index (χ1) is 14.0. The molecule has 8 heteroatoms. The molecule has 1 aromatic heterocycles. The van der Waals surface area contributed by atoms with E-state index in [0.717, 1.165) is 21.4 Å². The lowest BCUT2D eigenvalue weighted by Gasteiger charge is -2.16. The molecule has 152 valence electrons. The molecule has 1 aliphatic rings. The zero-order valence-electron chi connectivity index (χ0n) is 16.3. The van der Waals surface area contributed by atoms with Gasteiger partial charge in [0.15, 0.2) is 0 Å². The molecule has 2 atom stereocenters. The van der Waals surface area contributed by atoms with Gasteiger partial charge >= 0.3 is 5.97 Å². The Morgan fingerprint density at radius 1 is 1.38 bits per heavy atom. The van der Waals surface area contributed by atoms with Crippen molar-refractivity contribution in [2.75, 3.05) is 19.0 Å². The number of pyridine rings is 1. The zero-order chi connectivity index (χ0) is 20.8. The van der Waals surface area contributed by atoms with Crippen LogP contribution in [0.5, 0.6) is 0 Å². The number of aliphatic hydroxyl groups excluding tert-OH is 1. The summed E-state index contributed by atoms with van der Waals surface area (Å²) in [7, 11) is 1.37. The molecule has 1 aromatic carbocycles. The van der Waals surface area contributed by atoms with E-state index in [-0.39, 0.29) is 18.9 Å². The van der Waals surface area contributed by atoms with Crippen molar-refractivity contribution in [3.05, 3.63) is 58.3 Å². The fourth-order valence-corrected chi connectivity index (χ4v) is 3.33. The van der Waals surface area contributed by atoms with E-state index in [1.54, 1.807) is 13.1 Å². The Kier molecular flexibility index (Phi) is 7.11. The van der Waals surface area contributed by atoms with E-state index < -0.39 is 12.1 Å². The van der Waals surface area contributed by atoms with Gasteiger partial charge in [-0.3, -0.25) is 19.8 Å². The summed E-state index contributed by atoms with van der Waals surface area (Å²) in [6, 6.07) is 11.1. The van der Waals surface area contributed by atoms with Gasteiger partial charge in [0.1, 0.15) is 11.9 Å². The van der Waals surface area contributed by atoms with Crippen LogP contribution in [0.4, 0.5) is 5.69 Å². The fourth-order valence-electron chi connectivity index (χ4n) is 2.97. The Balaban J connectivity index is 2.11. The predicted octanol–water partition coefficient (Wildman–Crippen LogP) is 3.21. The van der Waals surface area contributed by atoms with Gasteiger partial charge in [0, 0.05) is 28.3 Å². The van der Waals surface area contributed by atoms with Crippen LogP contribution in [0.15, 0.2) is 57.1 Å². The molecule has 7 nitrogen and oxygen atoms in total. The number of carbonyl (C=O) groups is 1. The number of fused-ring (bicyclic) bond motifs is 1. The van der Waals surface area contributed by atoms with E-state index in [0.29, 0.717) is 18.0 Å². The molecule has 0 saturated heterocycles. The minimum atomic E-state index is -0.586. The van der Waals surface area contributed by atoms with Gasteiger partial charge in [0.05, 0.1) is 31.2 Å². The highest BCUT2D eigenvalue weighted by atomic mass is 79.9. The zero-order valence-corrected chi connectivity index (χ0v) is 17.9. The van der Waals surface area contributed by atoms with Crippen LogP contribution in [0.1, 0.15) is 31.0 Å². The third kappa shape index (κ3) is 5.48. The first-order valence-electron chi connectivity index (χ1n) is 9.33. The number of methoxy groups -OCH3 is 1. The number of benzodiazepines with no additional fused rings is 1. The van der Waals surface area contributed by atoms with Gasteiger partial charge in [-0.15, -0.1) is 0 Å². The van der Waals surface area contributed by atoms with Gasteiger partial charge in [-0.2, -0.15) is 0 Å². The molecule has 0 saturated carbocycles. The lowest BCUT2D eigenvalue weighted by Crippen LogP contribution is -2.28. The Hall–Kier alpha value is -2.58. The van der Waals surface area contributed by atoms with Crippen molar-refractivity contribution >= 4 is 39.1 Å². The third-order valence-electron chi connectivity index (χ3n) is 4.38. The summed E-state index contributed by atoms with van der Waals surface area (Å²) in [6.07, 6.45) is 1.76. The maximum Gasteiger partial charge on any atom is 0.305 e. The topological polar surface area (TPSA) is 96.2 Å². The maximum atomic E-state index is 11.7. The smallest absolute Gasteiger partial charge is 0.305 e. The number of aliphatic hydroxyl groups is 1. The van der Waals surface area contributed by atoms with Gasteiger partial charge in [-0.25, -0.2) is 0 Å². The average Bonchev–Trinajstić information content (AvgIpc) is 2.87. The lowest BCUT2D eigenvalue weighted by atomic mass is 10.0. The highest BCUT2D eigenvalue weighted by molar-refractivity contribution is 9.10. The van der Waals surface area contributed by atoms with E-state index in [4.69, 9.17) is 9.73 Å². The molecule has 0 fully saturated rings. The highest BCUT2D eigenvalue weighted by Crippen LogP contribution is 2.28. The summed E-state index contributed by atoms with van der Waals surface area (Å²) in [5.74, 6) is 0.295. The van der Waals surface area contributed by atoms with Crippen LogP contribution in [0, 0.1) is 0 Å². The number of carbonyl (C=O) groups excluding carboxylic acids is 1. The van der Waals surface area contributed by atoms with Crippen LogP contribution in [-0.4, -0.2) is 53.4 Å². The summed E-state index contributed by atoms with van der Waals surface area (Å²) < 4.78 is 5.70. The molecule has 0 bridgehead atoms. The predicted molar refractivity (Wildman–Crippen MR) is 117 cm³/mol.